The fourth-order valence-electron chi connectivity index (χ4n) is 4.34. The van der Waals surface area contributed by atoms with Crippen molar-refractivity contribution in [2.24, 2.45) is 0 Å². The Balaban J connectivity index is 5.65. The van der Waals surface area contributed by atoms with Gasteiger partial charge >= 0.3 is 40.2 Å². The van der Waals surface area contributed by atoms with Gasteiger partial charge < -0.3 is 20.9 Å². The second kappa shape index (κ2) is 12.4. The quantitative estimate of drug-likeness (QED) is 0.154. The van der Waals surface area contributed by atoms with Gasteiger partial charge in [0.05, 0.1) is 0 Å². The molecule has 6 nitrogen and oxygen atoms in total. The van der Waals surface area contributed by atoms with Gasteiger partial charge in [-0.25, -0.2) is 4.79 Å². The first-order chi connectivity index (χ1) is 14.6. The fourth-order valence-corrected chi connectivity index (χ4v) is 29.8. The van der Waals surface area contributed by atoms with Crippen molar-refractivity contribution in [3.05, 3.63) is 12.2 Å². The van der Waals surface area contributed by atoms with Crippen molar-refractivity contribution in [2.75, 3.05) is 0 Å². The van der Waals surface area contributed by atoms with Gasteiger partial charge in [0.25, 0.3) is 0 Å². The summed E-state index contributed by atoms with van der Waals surface area (Å²) in [6.45, 7) is 32.9. The van der Waals surface area contributed by atoms with E-state index >= 15 is 0 Å². The average molecular weight is 553 g/mol. The van der Waals surface area contributed by atoms with Crippen LogP contribution in [0.25, 0.3) is 0 Å². The maximum atomic E-state index is 12.5. The molecule has 0 radical (unpaired) electrons. The molecule has 0 N–H and O–H groups in total. The summed E-state index contributed by atoms with van der Waals surface area (Å²) in [5.41, 5.74) is 0.526. The van der Waals surface area contributed by atoms with E-state index in [4.69, 9.17) is 20.9 Å². The number of carbonyl (C=O) groups is 1. The lowest BCUT2D eigenvalue weighted by Gasteiger charge is -2.45. The number of hydrogen-bond donors (Lipinski definition) is 0. The maximum Gasteiger partial charge on any atom is 0.398 e. The van der Waals surface area contributed by atoms with Crippen LogP contribution in [-0.4, -0.2) is 48.5 Å². The minimum atomic E-state index is -2.94. The zero-order chi connectivity index (χ0) is 26.5. The Kier molecular flexibility index (Phi) is 12.4. The lowest BCUT2D eigenvalue weighted by molar-refractivity contribution is -0.132. The smallest absolute Gasteiger partial charge is 0.398 e. The summed E-state index contributed by atoms with van der Waals surface area (Å²) >= 11 is 0. The predicted molar refractivity (Wildman–Crippen MR) is 151 cm³/mol. The molecular weight excluding hydrogens is 501 g/mol. The van der Waals surface area contributed by atoms with Gasteiger partial charge in [0, 0.05) is 16.7 Å². The Morgan fingerprint density at radius 3 is 1.52 bits per heavy atom. The monoisotopic (exact) mass is 552 g/mol. The summed E-state index contributed by atoms with van der Waals surface area (Å²) in [5, 5.41) is 0. The molecule has 0 saturated carbocycles. The van der Waals surface area contributed by atoms with E-state index in [0.29, 0.717) is 5.57 Å². The zero-order valence-electron chi connectivity index (χ0n) is 23.9. The Labute approximate surface area is 209 Å². The summed E-state index contributed by atoms with van der Waals surface area (Å²) in [4.78, 5) is 12.5. The van der Waals surface area contributed by atoms with E-state index in [0.717, 1.165) is 6.04 Å². The van der Waals surface area contributed by atoms with Crippen LogP contribution in [0.3, 0.4) is 0 Å². The van der Waals surface area contributed by atoms with E-state index in [1.807, 2.05) is 13.1 Å². The molecule has 11 heteroatoms. The molecule has 0 aliphatic rings. The highest BCUT2D eigenvalue weighted by Gasteiger charge is 2.54. The van der Waals surface area contributed by atoms with E-state index in [1.54, 1.807) is 6.92 Å². The molecule has 0 aliphatic heterocycles. The first-order valence-corrected chi connectivity index (χ1v) is 25.8. The van der Waals surface area contributed by atoms with Gasteiger partial charge in [-0.2, -0.15) is 0 Å². The van der Waals surface area contributed by atoms with Crippen LogP contribution in [0, 0.1) is 0 Å². The standard InChI is InChI=1S/C22H52O6Si5/c1-16-17-18-29(8,9)25-30(10,11)26-31(12,13)27-32(14,15)28-33(20(4)5,21(6)7)24-22(23)19(2)3/h20-21H,2,16-18H2,1,3-15H3. The molecule has 33 heavy (non-hydrogen) atoms. The predicted octanol–water partition coefficient (Wildman–Crippen LogP) is 7.54. The largest absolute Gasteiger partial charge is 0.491 e. The third-order valence-corrected chi connectivity index (χ3v) is 25.8. The highest BCUT2D eigenvalue weighted by Crippen LogP contribution is 2.38. The first kappa shape index (κ1) is 33.1. The number of rotatable bonds is 15. The van der Waals surface area contributed by atoms with Crippen molar-refractivity contribution in [3.8, 4) is 0 Å². The third-order valence-electron chi connectivity index (χ3n) is 5.25. The molecule has 0 aromatic heterocycles. The van der Waals surface area contributed by atoms with Gasteiger partial charge in [-0.05, 0) is 65.3 Å². The van der Waals surface area contributed by atoms with Gasteiger partial charge in [0.1, 0.15) is 0 Å². The number of hydrogen-bond acceptors (Lipinski definition) is 6. The Hall–Kier alpha value is 0.134. The van der Waals surface area contributed by atoms with E-state index in [1.165, 1.54) is 12.8 Å². The van der Waals surface area contributed by atoms with E-state index in [-0.39, 0.29) is 17.1 Å². The van der Waals surface area contributed by atoms with Crippen LogP contribution < -0.4 is 0 Å². The van der Waals surface area contributed by atoms with Crippen molar-refractivity contribution >= 4 is 48.5 Å². The van der Waals surface area contributed by atoms with Crippen LogP contribution in [0.1, 0.15) is 54.4 Å². The summed E-state index contributed by atoms with van der Waals surface area (Å²) in [5.74, 6) is -0.386. The van der Waals surface area contributed by atoms with Crippen LogP contribution in [-0.2, 0) is 25.7 Å². The second-order valence-electron chi connectivity index (χ2n) is 11.7. The second-order valence-corrected chi connectivity index (χ2v) is 31.3. The molecule has 0 rings (SSSR count). The number of carbonyl (C=O) groups excluding carboxylic acids is 1. The van der Waals surface area contributed by atoms with Crippen molar-refractivity contribution in [3.63, 3.8) is 0 Å². The maximum absolute atomic E-state index is 12.5. The minimum Gasteiger partial charge on any atom is -0.491 e. The molecule has 0 spiro atoms. The average Bonchev–Trinajstić information content (AvgIpc) is 2.55. The number of unbranched alkanes of at least 4 members (excludes halogenated alkanes) is 1. The third kappa shape index (κ3) is 11.6. The van der Waals surface area contributed by atoms with Crippen molar-refractivity contribution in [2.45, 2.75) is 124 Å². The van der Waals surface area contributed by atoms with Crippen LogP contribution in [0.5, 0.6) is 0 Å². The summed E-state index contributed by atoms with van der Waals surface area (Å²) in [7, 11) is -12.4. The molecule has 0 fully saturated rings. The SMILES string of the molecule is C=C(C)C(=O)O[Si](O[Si](C)(C)O[Si](C)(C)O[Si](C)(C)O[Si](C)(C)CCCC)(C(C)C)C(C)C. The van der Waals surface area contributed by atoms with E-state index in [2.05, 4.69) is 80.5 Å². The first-order valence-electron chi connectivity index (χ1n) is 12.3. The van der Waals surface area contributed by atoms with Gasteiger partial charge in [0.15, 0.2) is 8.32 Å². The molecule has 0 aromatic rings. The minimum absolute atomic E-state index is 0.0707. The highest BCUT2D eigenvalue weighted by atomic mass is 28.5. The van der Waals surface area contributed by atoms with Crippen molar-refractivity contribution < 1.29 is 25.7 Å². The Morgan fingerprint density at radius 1 is 0.758 bits per heavy atom. The molecule has 0 unspecified atom stereocenters. The molecule has 0 heterocycles. The van der Waals surface area contributed by atoms with Crippen LogP contribution >= 0.6 is 0 Å². The molecule has 196 valence electrons. The van der Waals surface area contributed by atoms with Crippen molar-refractivity contribution in [1.82, 2.24) is 0 Å². The van der Waals surface area contributed by atoms with E-state index < -0.39 is 42.6 Å². The molecule has 0 aromatic carbocycles. The Bertz CT molecular complexity index is 654. The van der Waals surface area contributed by atoms with Gasteiger partial charge in [-0.3, -0.25) is 0 Å². The van der Waals surface area contributed by atoms with Crippen molar-refractivity contribution in [1.29, 1.82) is 0 Å². The Morgan fingerprint density at radius 2 is 1.15 bits per heavy atom. The molecule has 0 amide bonds. The van der Waals surface area contributed by atoms with Crippen LogP contribution in [0.4, 0.5) is 0 Å². The topological polar surface area (TPSA) is 63.2 Å². The fraction of sp³-hybridized carbons (Fsp3) is 0.864. The van der Waals surface area contributed by atoms with Crippen LogP contribution in [0.15, 0.2) is 12.2 Å². The van der Waals surface area contributed by atoms with E-state index in [9.17, 15) is 4.79 Å². The highest BCUT2D eigenvalue weighted by molar-refractivity contribution is 6.90. The summed E-state index contributed by atoms with van der Waals surface area (Å²) in [6.07, 6.45) is 2.37. The van der Waals surface area contributed by atoms with Gasteiger partial charge in [0.2, 0.25) is 0 Å². The molecule has 0 bridgehead atoms. The molecule has 0 atom stereocenters. The lowest BCUT2D eigenvalue weighted by atomic mass is 10.4. The summed E-state index contributed by atoms with van der Waals surface area (Å²) < 4.78 is 32.8. The van der Waals surface area contributed by atoms with Gasteiger partial charge in [-0.15, -0.1) is 0 Å². The van der Waals surface area contributed by atoms with Gasteiger partial charge in [-0.1, -0.05) is 54.0 Å². The summed E-state index contributed by atoms with van der Waals surface area (Å²) in [6, 6.07) is 1.14. The lowest BCUT2D eigenvalue weighted by Crippen LogP contribution is -2.61. The zero-order valence-corrected chi connectivity index (χ0v) is 28.9. The normalized spacial score (nSPS) is 14.2. The molecule has 0 aliphatic carbocycles. The molecular formula is C22H52O6Si5. The van der Waals surface area contributed by atoms with Crippen LogP contribution in [0.2, 0.25) is 69.5 Å². The molecule has 0 saturated heterocycles.